The van der Waals surface area contributed by atoms with Gasteiger partial charge in [0.25, 0.3) is 0 Å². The van der Waals surface area contributed by atoms with Crippen molar-refractivity contribution in [1.82, 2.24) is 0 Å². The molecule has 1 aromatic rings. The summed E-state index contributed by atoms with van der Waals surface area (Å²) in [6.07, 6.45) is -2.05. The third-order valence-electron chi connectivity index (χ3n) is 2.22. The van der Waals surface area contributed by atoms with Crippen LogP contribution in [0.1, 0.15) is 29.5 Å². The first kappa shape index (κ1) is 13.6. The number of carbonyl (C=O) groups excluding carboxylic acids is 1. The molecule has 0 bridgehead atoms. The van der Waals surface area contributed by atoms with Crippen molar-refractivity contribution in [3.8, 4) is 0 Å². The zero-order chi connectivity index (χ0) is 13.2. The van der Waals surface area contributed by atoms with Crippen LogP contribution in [0.3, 0.4) is 0 Å². The highest BCUT2D eigenvalue weighted by Gasteiger charge is 2.27. The van der Waals surface area contributed by atoms with Gasteiger partial charge < -0.3 is 10.2 Å². The second-order valence-electron chi connectivity index (χ2n) is 3.46. The average molecular weight is 261 g/mol. The van der Waals surface area contributed by atoms with Crippen LogP contribution in [0.4, 0.5) is 4.39 Å². The zero-order valence-electron chi connectivity index (χ0n) is 8.85. The summed E-state index contributed by atoms with van der Waals surface area (Å²) in [6.45, 7) is 1.19. The fourth-order valence-electron chi connectivity index (χ4n) is 1.41. The fourth-order valence-corrected chi connectivity index (χ4v) is 1.60. The van der Waals surface area contributed by atoms with Crippen LogP contribution >= 0.6 is 11.6 Å². The first-order valence-corrected chi connectivity index (χ1v) is 5.13. The van der Waals surface area contributed by atoms with E-state index in [0.717, 1.165) is 6.07 Å². The summed E-state index contributed by atoms with van der Waals surface area (Å²) in [5, 5.41) is 16.9. The minimum Gasteiger partial charge on any atom is -0.479 e. The molecule has 4 nitrogen and oxygen atoms in total. The number of alkyl halides is 1. The molecule has 0 saturated heterocycles. The average Bonchev–Trinajstić information content (AvgIpc) is 2.26. The summed E-state index contributed by atoms with van der Waals surface area (Å²) in [5.74, 6) is -2.98. The fraction of sp³-hybridized carbons (Fsp3) is 0.273. The highest BCUT2D eigenvalue weighted by Crippen LogP contribution is 2.31. The number of ketones is 1. The molecule has 0 fully saturated rings. The number of aliphatic hydroxyl groups excluding tert-OH is 1. The molecular weight excluding hydrogens is 251 g/mol. The maximum Gasteiger partial charge on any atom is 0.337 e. The Morgan fingerprint density at radius 2 is 2.00 bits per heavy atom. The quantitative estimate of drug-likeness (QED) is 0.810. The Morgan fingerprint density at radius 1 is 1.41 bits per heavy atom. The summed E-state index contributed by atoms with van der Waals surface area (Å²) in [4.78, 5) is 21.8. The molecule has 92 valence electrons. The van der Waals surface area contributed by atoms with Crippen molar-refractivity contribution >= 4 is 23.4 Å². The molecule has 0 aliphatic carbocycles. The monoisotopic (exact) mass is 260 g/mol. The summed E-state index contributed by atoms with van der Waals surface area (Å²) in [6, 6.07) is 3.60. The van der Waals surface area contributed by atoms with Gasteiger partial charge in [0, 0.05) is 5.56 Å². The second-order valence-corrected chi connectivity index (χ2v) is 3.89. The predicted octanol–water partition coefficient (Wildman–Crippen LogP) is 1.81. The van der Waals surface area contributed by atoms with Crippen molar-refractivity contribution in [3.05, 3.63) is 35.1 Å². The molecule has 0 aliphatic heterocycles. The van der Waals surface area contributed by atoms with Crippen molar-refractivity contribution in [3.63, 3.8) is 0 Å². The van der Waals surface area contributed by atoms with Gasteiger partial charge in [0.15, 0.2) is 11.9 Å². The Labute approximate surface area is 102 Å². The van der Waals surface area contributed by atoms with E-state index < -0.39 is 34.6 Å². The molecule has 1 rings (SSSR count). The minimum atomic E-state index is -2.05. The van der Waals surface area contributed by atoms with Crippen LogP contribution in [0.15, 0.2) is 18.2 Å². The number of carboxylic acid groups (broad SMARTS) is 1. The van der Waals surface area contributed by atoms with E-state index >= 15 is 0 Å². The molecule has 2 atom stereocenters. The Morgan fingerprint density at radius 3 is 2.47 bits per heavy atom. The van der Waals surface area contributed by atoms with Crippen LogP contribution in [0.5, 0.6) is 0 Å². The molecule has 0 amide bonds. The van der Waals surface area contributed by atoms with E-state index in [1.807, 2.05) is 0 Å². The van der Waals surface area contributed by atoms with E-state index in [-0.39, 0.29) is 5.56 Å². The smallest absolute Gasteiger partial charge is 0.337 e. The highest BCUT2D eigenvalue weighted by molar-refractivity contribution is 6.31. The molecule has 2 unspecified atom stereocenters. The third kappa shape index (κ3) is 2.81. The van der Waals surface area contributed by atoms with Gasteiger partial charge in [-0.1, -0.05) is 12.1 Å². The maximum atomic E-state index is 13.5. The Bertz CT molecular complexity index is 461. The Kier molecular flexibility index (Phi) is 4.20. The molecule has 1 aromatic carbocycles. The number of aliphatic carboxylic acids is 1. The van der Waals surface area contributed by atoms with Gasteiger partial charge in [-0.2, -0.15) is 0 Å². The van der Waals surface area contributed by atoms with Gasteiger partial charge in [-0.15, -0.1) is 11.6 Å². The summed E-state index contributed by atoms with van der Waals surface area (Å²) in [5.41, 5.74) is -0.510. The van der Waals surface area contributed by atoms with E-state index in [1.54, 1.807) is 0 Å². The van der Waals surface area contributed by atoms with Crippen molar-refractivity contribution in [2.45, 2.75) is 18.4 Å². The lowest BCUT2D eigenvalue weighted by molar-refractivity contribution is -0.147. The van der Waals surface area contributed by atoms with Crippen LogP contribution in [0.25, 0.3) is 0 Å². The molecule has 17 heavy (non-hydrogen) atoms. The van der Waals surface area contributed by atoms with Crippen LogP contribution in [-0.4, -0.2) is 22.0 Å². The molecule has 0 aromatic heterocycles. The predicted molar refractivity (Wildman–Crippen MR) is 58.3 cm³/mol. The van der Waals surface area contributed by atoms with Crippen molar-refractivity contribution in [2.75, 3.05) is 0 Å². The number of Topliss-reactive ketones (excluding diaryl/α,β-unsaturated/α-hetero) is 1. The zero-order valence-corrected chi connectivity index (χ0v) is 9.61. The Hall–Kier alpha value is -1.46. The lowest BCUT2D eigenvalue weighted by Crippen LogP contribution is -2.17. The van der Waals surface area contributed by atoms with E-state index in [9.17, 15) is 19.1 Å². The van der Waals surface area contributed by atoms with Gasteiger partial charge in [-0.05, 0) is 18.6 Å². The summed E-state index contributed by atoms with van der Waals surface area (Å²) >= 11 is 5.75. The number of rotatable bonds is 4. The van der Waals surface area contributed by atoms with Crippen LogP contribution < -0.4 is 0 Å². The van der Waals surface area contributed by atoms with Gasteiger partial charge in [-0.3, -0.25) is 4.79 Å². The third-order valence-corrected chi connectivity index (χ3v) is 2.77. The number of aliphatic hydroxyl groups is 1. The SMILES string of the molecule is CC(=O)C(Cl)c1cccc(F)c1C(O)C(=O)O. The molecular formula is C11H10ClFO4. The summed E-state index contributed by atoms with van der Waals surface area (Å²) < 4.78 is 13.5. The molecule has 0 aliphatic rings. The number of benzene rings is 1. The van der Waals surface area contributed by atoms with Crippen LogP contribution in [0, 0.1) is 5.82 Å². The van der Waals surface area contributed by atoms with Crippen LogP contribution in [-0.2, 0) is 9.59 Å². The Balaban J connectivity index is 3.36. The number of halogens is 2. The van der Waals surface area contributed by atoms with Gasteiger partial charge in [0.1, 0.15) is 11.2 Å². The standard InChI is InChI=1S/C11H10ClFO4/c1-5(14)9(12)6-3-2-4-7(13)8(6)10(15)11(16)17/h2-4,9-10,15H,1H3,(H,16,17). The topological polar surface area (TPSA) is 74.6 Å². The molecule has 6 heteroatoms. The number of hydrogen-bond acceptors (Lipinski definition) is 3. The molecule has 0 radical (unpaired) electrons. The second kappa shape index (κ2) is 5.25. The molecule has 0 heterocycles. The van der Waals surface area contributed by atoms with Crippen molar-refractivity contribution < 1.29 is 24.2 Å². The minimum absolute atomic E-state index is 0.0333. The first-order chi connectivity index (χ1) is 7.86. The van der Waals surface area contributed by atoms with Gasteiger partial charge in [0.2, 0.25) is 0 Å². The van der Waals surface area contributed by atoms with E-state index in [2.05, 4.69) is 0 Å². The maximum absolute atomic E-state index is 13.5. The lowest BCUT2D eigenvalue weighted by atomic mass is 9.97. The first-order valence-electron chi connectivity index (χ1n) is 4.70. The van der Waals surface area contributed by atoms with E-state index in [1.165, 1.54) is 19.1 Å². The number of hydrogen-bond donors (Lipinski definition) is 2. The number of carbonyl (C=O) groups is 2. The van der Waals surface area contributed by atoms with Crippen LogP contribution in [0.2, 0.25) is 0 Å². The largest absolute Gasteiger partial charge is 0.479 e. The van der Waals surface area contributed by atoms with E-state index in [4.69, 9.17) is 16.7 Å². The highest BCUT2D eigenvalue weighted by atomic mass is 35.5. The summed E-state index contributed by atoms with van der Waals surface area (Å²) in [7, 11) is 0. The molecule has 0 saturated carbocycles. The van der Waals surface area contributed by atoms with Crippen molar-refractivity contribution in [1.29, 1.82) is 0 Å². The van der Waals surface area contributed by atoms with E-state index in [0.29, 0.717) is 0 Å². The number of carboxylic acids is 1. The van der Waals surface area contributed by atoms with Gasteiger partial charge >= 0.3 is 5.97 Å². The van der Waals surface area contributed by atoms with Gasteiger partial charge in [0.05, 0.1) is 0 Å². The van der Waals surface area contributed by atoms with Gasteiger partial charge in [-0.25, -0.2) is 9.18 Å². The molecule has 0 spiro atoms. The lowest BCUT2D eigenvalue weighted by Gasteiger charge is -2.15. The molecule has 2 N–H and O–H groups in total. The van der Waals surface area contributed by atoms with Crippen molar-refractivity contribution in [2.24, 2.45) is 0 Å². The normalized spacial score (nSPS) is 14.1.